The van der Waals surface area contributed by atoms with Gasteiger partial charge in [-0.15, -0.1) is 0 Å². The average molecular weight is 323 g/mol. The van der Waals surface area contributed by atoms with Crippen LogP contribution in [0.25, 0.3) is 0 Å². The van der Waals surface area contributed by atoms with Gasteiger partial charge in [-0.1, -0.05) is 34.8 Å². The monoisotopic (exact) mass is 321 g/mol. The van der Waals surface area contributed by atoms with Gasteiger partial charge in [-0.3, -0.25) is 9.59 Å². The number of esters is 1. The fourth-order valence-corrected chi connectivity index (χ4v) is 3.06. The zero-order chi connectivity index (χ0) is 14.2. The Hall–Kier alpha value is -0.970. The molecule has 1 heterocycles. The highest BCUT2D eigenvalue weighted by molar-refractivity contribution is 6.42. The van der Waals surface area contributed by atoms with Crippen molar-refractivity contribution in [2.24, 2.45) is 5.92 Å². The maximum atomic E-state index is 12.0. The minimum Gasteiger partial charge on any atom is -0.469 e. The number of benzene rings is 1. The third-order valence-corrected chi connectivity index (χ3v) is 3.71. The zero-order valence-electron chi connectivity index (χ0n) is 9.95. The number of amides is 1. The molecule has 0 bridgehead atoms. The van der Waals surface area contributed by atoms with E-state index in [4.69, 9.17) is 34.8 Å². The van der Waals surface area contributed by atoms with Crippen molar-refractivity contribution in [3.63, 3.8) is 0 Å². The van der Waals surface area contributed by atoms with E-state index in [1.807, 2.05) is 0 Å². The number of carbonyl (C=O) groups excluding carboxylic acids is 2. The molecule has 1 aromatic rings. The molecule has 0 radical (unpaired) electrons. The van der Waals surface area contributed by atoms with Crippen LogP contribution in [-0.4, -0.2) is 25.5 Å². The van der Waals surface area contributed by atoms with E-state index in [1.165, 1.54) is 24.1 Å². The van der Waals surface area contributed by atoms with Crippen LogP contribution in [0.4, 0.5) is 5.69 Å². The Balaban J connectivity index is 2.33. The van der Waals surface area contributed by atoms with Crippen molar-refractivity contribution in [1.82, 2.24) is 0 Å². The van der Waals surface area contributed by atoms with E-state index in [0.717, 1.165) is 0 Å². The Morgan fingerprint density at radius 1 is 1.32 bits per heavy atom. The van der Waals surface area contributed by atoms with Gasteiger partial charge in [-0.2, -0.15) is 0 Å². The normalized spacial score (nSPS) is 18.8. The number of ether oxygens (including phenoxy) is 1. The Morgan fingerprint density at radius 2 is 1.89 bits per heavy atom. The SMILES string of the molecule is COC(=O)C1CC(=O)N(c2c(Cl)cc(Cl)cc2Cl)C1. The third-order valence-electron chi connectivity index (χ3n) is 2.91. The number of nitrogens with zero attached hydrogens (tertiary/aromatic N) is 1. The minimum absolute atomic E-state index is 0.0853. The smallest absolute Gasteiger partial charge is 0.311 e. The number of carbonyl (C=O) groups is 2. The predicted molar refractivity (Wildman–Crippen MR) is 73.9 cm³/mol. The first kappa shape index (κ1) is 14.4. The topological polar surface area (TPSA) is 46.6 Å². The summed E-state index contributed by atoms with van der Waals surface area (Å²) in [6.45, 7) is 0.201. The summed E-state index contributed by atoms with van der Waals surface area (Å²) in [5.74, 6) is -1.14. The van der Waals surface area contributed by atoms with Crippen LogP contribution >= 0.6 is 34.8 Å². The van der Waals surface area contributed by atoms with Gasteiger partial charge in [0.25, 0.3) is 0 Å². The number of hydrogen-bond donors (Lipinski definition) is 0. The minimum atomic E-state index is -0.500. The van der Waals surface area contributed by atoms with Gasteiger partial charge in [-0.05, 0) is 12.1 Å². The van der Waals surface area contributed by atoms with Gasteiger partial charge >= 0.3 is 5.97 Å². The van der Waals surface area contributed by atoms with Crippen molar-refractivity contribution in [2.75, 3.05) is 18.6 Å². The van der Waals surface area contributed by atoms with E-state index in [2.05, 4.69) is 4.74 Å². The molecule has 7 heteroatoms. The van der Waals surface area contributed by atoms with E-state index in [9.17, 15) is 9.59 Å². The molecule has 0 saturated carbocycles. The van der Waals surface area contributed by atoms with Gasteiger partial charge in [0.2, 0.25) is 5.91 Å². The second-order valence-corrected chi connectivity index (χ2v) is 5.40. The first-order valence-corrected chi connectivity index (χ1v) is 6.60. The van der Waals surface area contributed by atoms with Crippen molar-refractivity contribution < 1.29 is 14.3 Å². The summed E-state index contributed by atoms with van der Waals surface area (Å²) in [7, 11) is 1.29. The lowest BCUT2D eigenvalue weighted by Crippen LogP contribution is -2.26. The molecule has 1 aromatic carbocycles. The lowest BCUT2D eigenvalue weighted by Gasteiger charge is -2.19. The van der Waals surface area contributed by atoms with Crippen molar-refractivity contribution in [3.8, 4) is 0 Å². The molecule has 1 saturated heterocycles. The van der Waals surface area contributed by atoms with Crippen LogP contribution in [0.2, 0.25) is 15.1 Å². The molecule has 1 unspecified atom stereocenters. The summed E-state index contributed by atoms with van der Waals surface area (Å²) < 4.78 is 4.64. The lowest BCUT2D eigenvalue weighted by molar-refractivity contribution is -0.145. The first-order valence-electron chi connectivity index (χ1n) is 5.46. The van der Waals surface area contributed by atoms with E-state index >= 15 is 0 Å². The van der Waals surface area contributed by atoms with Crippen LogP contribution in [0.3, 0.4) is 0 Å². The molecule has 1 fully saturated rings. The third kappa shape index (κ3) is 2.81. The number of anilines is 1. The van der Waals surface area contributed by atoms with Crippen molar-refractivity contribution in [1.29, 1.82) is 0 Å². The molecule has 1 amide bonds. The summed E-state index contributed by atoms with van der Waals surface area (Å²) >= 11 is 17.9. The van der Waals surface area contributed by atoms with Crippen LogP contribution in [0.5, 0.6) is 0 Å². The van der Waals surface area contributed by atoms with E-state index < -0.39 is 11.9 Å². The van der Waals surface area contributed by atoms with Crippen LogP contribution in [-0.2, 0) is 14.3 Å². The molecular weight excluding hydrogens is 312 g/mol. The van der Waals surface area contributed by atoms with Gasteiger partial charge in [0.1, 0.15) is 0 Å². The molecule has 2 rings (SSSR count). The number of methoxy groups -OCH3 is 1. The molecule has 1 aliphatic heterocycles. The van der Waals surface area contributed by atoms with Gasteiger partial charge in [0.05, 0.1) is 28.8 Å². The zero-order valence-corrected chi connectivity index (χ0v) is 12.2. The van der Waals surface area contributed by atoms with E-state index in [1.54, 1.807) is 0 Å². The predicted octanol–water partition coefficient (Wildman–Crippen LogP) is 3.17. The van der Waals surface area contributed by atoms with Gasteiger partial charge < -0.3 is 9.64 Å². The average Bonchev–Trinajstić information content (AvgIpc) is 2.69. The standard InChI is InChI=1S/C12H10Cl3NO3/c1-19-12(18)6-2-10(17)16(5-6)11-8(14)3-7(13)4-9(11)15/h3-4,6H,2,5H2,1H3. The molecule has 1 atom stereocenters. The summed E-state index contributed by atoms with van der Waals surface area (Å²) in [4.78, 5) is 24.8. The number of hydrogen-bond acceptors (Lipinski definition) is 3. The molecule has 19 heavy (non-hydrogen) atoms. The fourth-order valence-electron chi connectivity index (χ4n) is 2.04. The molecule has 0 spiro atoms. The quantitative estimate of drug-likeness (QED) is 0.786. The molecule has 0 aliphatic carbocycles. The summed E-state index contributed by atoms with van der Waals surface area (Å²) in [6.07, 6.45) is 0.0853. The Bertz CT molecular complexity index is 524. The van der Waals surface area contributed by atoms with Crippen LogP contribution in [0.1, 0.15) is 6.42 Å². The molecule has 4 nitrogen and oxygen atoms in total. The van der Waals surface area contributed by atoms with Crippen LogP contribution < -0.4 is 4.90 Å². The highest BCUT2D eigenvalue weighted by Crippen LogP contribution is 2.39. The van der Waals surface area contributed by atoms with Crippen LogP contribution in [0.15, 0.2) is 12.1 Å². The highest BCUT2D eigenvalue weighted by Gasteiger charge is 2.37. The summed E-state index contributed by atoms with van der Waals surface area (Å²) in [5, 5.41) is 0.933. The second kappa shape index (κ2) is 5.57. The maximum Gasteiger partial charge on any atom is 0.311 e. The number of rotatable bonds is 2. The Morgan fingerprint density at radius 3 is 2.42 bits per heavy atom. The lowest BCUT2D eigenvalue weighted by atomic mass is 10.1. The van der Waals surface area contributed by atoms with Crippen molar-refractivity contribution in [3.05, 3.63) is 27.2 Å². The first-order chi connectivity index (χ1) is 8.93. The molecule has 1 aliphatic rings. The highest BCUT2D eigenvalue weighted by atomic mass is 35.5. The largest absolute Gasteiger partial charge is 0.469 e. The summed E-state index contributed by atoms with van der Waals surface area (Å²) in [6, 6.07) is 3.01. The molecule has 0 aromatic heterocycles. The van der Waals surface area contributed by atoms with Crippen molar-refractivity contribution >= 4 is 52.4 Å². The second-order valence-electron chi connectivity index (χ2n) is 4.15. The molecular formula is C12H10Cl3NO3. The van der Waals surface area contributed by atoms with Crippen LogP contribution in [0, 0.1) is 5.92 Å². The van der Waals surface area contributed by atoms with E-state index in [-0.39, 0.29) is 28.9 Å². The molecule has 102 valence electrons. The van der Waals surface area contributed by atoms with E-state index in [0.29, 0.717) is 10.7 Å². The van der Waals surface area contributed by atoms with Crippen molar-refractivity contribution in [2.45, 2.75) is 6.42 Å². The molecule has 0 N–H and O–H groups in total. The number of halogens is 3. The van der Waals surface area contributed by atoms with Gasteiger partial charge in [0, 0.05) is 18.0 Å². The Labute approximate surface area is 125 Å². The van der Waals surface area contributed by atoms with Gasteiger partial charge in [-0.25, -0.2) is 0 Å². The van der Waals surface area contributed by atoms with Gasteiger partial charge in [0.15, 0.2) is 0 Å². The Kier molecular flexibility index (Phi) is 4.23. The maximum absolute atomic E-state index is 12.0. The summed E-state index contributed by atoms with van der Waals surface area (Å²) in [5.41, 5.74) is 0.379. The fraction of sp³-hybridized carbons (Fsp3) is 0.333.